The van der Waals surface area contributed by atoms with Gasteiger partial charge in [0.15, 0.2) is 5.13 Å². The van der Waals surface area contributed by atoms with Gasteiger partial charge in [0, 0.05) is 9.13 Å². The number of aryl methyl sites for hydroxylation is 2. The van der Waals surface area contributed by atoms with Gasteiger partial charge in [0.05, 0.1) is 28.4 Å². The lowest BCUT2D eigenvalue weighted by molar-refractivity contribution is -0.132. The number of benzene rings is 3. The number of hydrogen-bond donors (Lipinski definition) is 1. The van der Waals surface area contributed by atoms with Gasteiger partial charge in [-0.3, -0.25) is 14.5 Å². The van der Waals surface area contributed by atoms with Crippen molar-refractivity contribution in [3.05, 3.63) is 92.1 Å². The van der Waals surface area contributed by atoms with E-state index in [4.69, 9.17) is 9.72 Å². The molecule has 6 nitrogen and oxygen atoms in total. The first-order valence-corrected chi connectivity index (χ1v) is 13.4. The molecule has 3 aromatic carbocycles. The van der Waals surface area contributed by atoms with Gasteiger partial charge < -0.3 is 9.84 Å². The predicted octanol–water partition coefficient (Wildman–Crippen LogP) is 6.54. The van der Waals surface area contributed by atoms with Crippen molar-refractivity contribution < 1.29 is 19.4 Å². The number of hydrogen-bond acceptors (Lipinski definition) is 6. The SMILES string of the molecule is CCOc1cccc(/C(O)=C2\C(=O)C(=O)N(c3nc4c(C)cc(C)cc4s3)C2c2ccc(I)cc2)c1. The molecule has 1 amide bonds. The summed E-state index contributed by atoms with van der Waals surface area (Å²) >= 11 is 3.57. The van der Waals surface area contributed by atoms with Gasteiger partial charge in [-0.25, -0.2) is 4.98 Å². The summed E-state index contributed by atoms with van der Waals surface area (Å²) < 4.78 is 7.53. The number of fused-ring (bicyclic) bond motifs is 1. The van der Waals surface area contributed by atoms with Crippen LogP contribution in [-0.4, -0.2) is 28.4 Å². The first-order valence-electron chi connectivity index (χ1n) is 11.5. The van der Waals surface area contributed by atoms with Crippen LogP contribution in [0.15, 0.2) is 66.2 Å². The van der Waals surface area contributed by atoms with Crippen molar-refractivity contribution in [3.63, 3.8) is 0 Å². The number of anilines is 1. The van der Waals surface area contributed by atoms with E-state index in [1.165, 1.54) is 16.2 Å². The fourth-order valence-corrected chi connectivity index (χ4v) is 6.04. The highest BCUT2D eigenvalue weighted by atomic mass is 127. The molecule has 1 unspecified atom stereocenters. The highest BCUT2D eigenvalue weighted by Crippen LogP contribution is 2.45. The molecule has 1 fully saturated rings. The van der Waals surface area contributed by atoms with Crippen molar-refractivity contribution >= 4 is 66.7 Å². The van der Waals surface area contributed by atoms with Gasteiger partial charge in [-0.15, -0.1) is 0 Å². The van der Waals surface area contributed by atoms with Crippen LogP contribution in [0.2, 0.25) is 0 Å². The second kappa shape index (κ2) is 9.67. The van der Waals surface area contributed by atoms with E-state index in [0.717, 1.165) is 24.9 Å². The molecule has 0 aliphatic carbocycles. The zero-order valence-corrected chi connectivity index (χ0v) is 22.9. The summed E-state index contributed by atoms with van der Waals surface area (Å²) in [6, 6.07) is 17.7. The minimum absolute atomic E-state index is 0.0296. The molecule has 1 atom stereocenters. The Morgan fingerprint density at radius 3 is 2.58 bits per heavy atom. The molecular formula is C28H23IN2O4S. The molecule has 1 saturated heterocycles. The topological polar surface area (TPSA) is 79.7 Å². The number of halogens is 1. The lowest BCUT2D eigenvalue weighted by Crippen LogP contribution is -2.29. The molecule has 0 spiro atoms. The third-order valence-corrected chi connectivity index (χ3v) is 7.79. The van der Waals surface area contributed by atoms with Crippen LogP contribution in [-0.2, 0) is 9.59 Å². The van der Waals surface area contributed by atoms with Gasteiger partial charge >= 0.3 is 5.91 Å². The van der Waals surface area contributed by atoms with Gasteiger partial charge in [0.1, 0.15) is 11.5 Å². The van der Waals surface area contributed by atoms with Crippen LogP contribution in [0.1, 0.15) is 35.2 Å². The van der Waals surface area contributed by atoms with Crippen LogP contribution in [0.25, 0.3) is 16.0 Å². The minimum atomic E-state index is -0.820. The summed E-state index contributed by atoms with van der Waals surface area (Å²) in [5.74, 6) is -1.13. The van der Waals surface area contributed by atoms with Crippen LogP contribution < -0.4 is 9.64 Å². The monoisotopic (exact) mass is 610 g/mol. The second-order valence-corrected chi connectivity index (χ2v) is 10.9. The van der Waals surface area contributed by atoms with E-state index in [-0.39, 0.29) is 11.3 Å². The van der Waals surface area contributed by atoms with Gasteiger partial charge in [-0.1, -0.05) is 41.7 Å². The second-order valence-electron chi connectivity index (χ2n) is 8.61. The number of nitrogens with zero attached hydrogens (tertiary/aromatic N) is 2. The predicted molar refractivity (Wildman–Crippen MR) is 151 cm³/mol. The Hall–Kier alpha value is -3.24. The first-order chi connectivity index (χ1) is 17.3. The third-order valence-electron chi connectivity index (χ3n) is 6.07. The maximum absolute atomic E-state index is 13.5. The number of rotatable bonds is 5. The van der Waals surface area contributed by atoms with E-state index in [1.807, 2.05) is 57.2 Å². The maximum Gasteiger partial charge on any atom is 0.301 e. The Balaban J connectivity index is 1.72. The highest BCUT2D eigenvalue weighted by Gasteiger charge is 2.48. The van der Waals surface area contributed by atoms with Gasteiger partial charge in [-0.05, 0) is 90.4 Å². The smallest absolute Gasteiger partial charge is 0.301 e. The molecule has 0 bridgehead atoms. The fraction of sp³-hybridized carbons (Fsp3) is 0.179. The molecule has 1 aromatic heterocycles. The van der Waals surface area contributed by atoms with Gasteiger partial charge in [0.2, 0.25) is 0 Å². The van der Waals surface area contributed by atoms with E-state index < -0.39 is 17.7 Å². The Bertz CT molecular complexity index is 1540. The Labute approximate surface area is 226 Å². The summed E-state index contributed by atoms with van der Waals surface area (Å²) in [6.45, 7) is 6.33. The number of ether oxygens (including phenoxy) is 1. The molecule has 36 heavy (non-hydrogen) atoms. The molecule has 1 aliphatic rings. The number of Topliss-reactive ketones (excluding diaryl/α,β-unsaturated/α-hetero) is 1. The molecule has 5 rings (SSSR count). The molecule has 4 aromatic rings. The van der Waals surface area contributed by atoms with Gasteiger partial charge in [-0.2, -0.15) is 0 Å². The molecular weight excluding hydrogens is 587 g/mol. The number of aromatic nitrogens is 1. The lowest BCUT2D eigenvalue weighted by Gasteiger charge is -2.23. The molecule has 0 saturated carbocycles. The summed E-state index contributed by atoms with van der Waals surface area (Å²) in [5, 5.41) is 11.8. The number of carbonyl (C=O) groups excluding carboxylic acids is 2. The number of aliphatic hydroxyl groups is 1. The summed E-state index contributed by atoms with van der Waals surface area (Å²) in [7, 11) is 0. The molecule has 8 heteroatoms. The Kier molecular flexibility index (Phi) is 6.57. The van der Waals surface area contributed by atoms with Crippen LogP contribution in [0.4, 0.5) is 5.13 Å². The van der Waals surface area contributed by atoms with Crippen LogP contribution >= 0.6 is 33.9 Å². The molecule has 0 radical (unpaired) electrons. The molecule has 1 aliphatic heterocycles. The largest absolute Gasteiger partial charge is 0.507 e. The Morgan fingerprint density at radius 2 is 1.86 bits per heavy atom. The quantitative estimate of drug-likeness (QED) is 0.120. The molecule has 182 valence electrons. The zero-order valence-electron chi connectivity index (χ0n) is 19.9. The van der Waals surface area contributed by atoms with Crippen molar-refractivity contribution in [1.29, 1.82) is 0 Å². The van der Waals surface area contributed by atoms with Crippen molar-refractivity contribution in [2.45, 2.75) is 26.8 Å². The Morgan fingerprint density at radius 1 is 1.11 bits per heavy atom. The van der Waals surface area contributed by atoms with Crippen LogP contribution in [0, 0.1) is 17.4 Å². The zero-order chi connectivity index (χ0) is 25.6. The van der Waals surface area contributed by atoms with Crippen molar-refractivity contribution in [3.8, 4) is 5.75 Å². The number of amides is 1. The van der Waals surface area contributed by atoms with E-state index in [1.54, 1.807) is 24.3 Å². The van der Waals surface area contributed by atoms with Gasteiger partial charge in [0.25, 0.3) is 5.78 Å². The average molecular weight is 610 g/mol. The van der Waals surface area contributed by atoms with E-state index in [9.17, 15) is 14.7 Å². The normalized spacial score (nSPS) is 17.2. The standard InChI is InChI=1S/C28H23IN2O4S/c1-4-35-20-7-5-6-18(14-20)25(32)22-24(17-8-10-19(29)11-9-17)31(27(34)26(22)33)28-30-23-16(3)12-15(2)13-21(23)36-28/h5-14,24,32H,4H2,1-3H3/b25-22+. The highest BCUT2D eigenvalue weighted by molar-refractivity contribution is 14.1. The van der Waals surface area contributed by atoms with Crippen LogP contribution in [0.3, 0.4) is 0 Å². The van der Waals surface area contributed by atoms with E-state index >= 15 is 0 Å². The minimum Gasteiger partial charge on any atom is -0.507 e. The summed E-state index contributed by atoms with van der Waals surface area (Å²) in [5.41, 5.74) is 4.05. The number of ketones is 1. The average Bonchev–Trinajstić information content (AvgIpc) is 3.38. The van der Waals surface area contributed by atoms with E-state index in [0.29, 0.717) is 28.6 Å². The summed E-state index contributed by atoms with van der Waals surface area (Å²) in [6.07, 6.45) is 0. The summed E-state index contributed by atoms with van der Waals surface area (Å²) in [4.78, 5) is 33.1. The molecule has 1 N–H and O–H groups in total. The maximum atomic E-state index is 13.5. The van der Waals surface area contributed by atoms with Crippen molar-refractivity contribution in [2.24, 2.45) is 0 Å². The van der Waals surface area contributed by atoms with Crippen LogP contribution in [0.5, 0.6) is 5.75 Å². The number of carbonyl (C=O) groups is 2. The number of aliphatic hydroxyl groups excluding tert-OH is 1. The fourth-order valence-electron chi connectivity index (χ4n) is 4.51. The third kappa shape index (κ3) is 4.28. The van der Waals surface area contributed by atoms with Crippen molar-refractivity contribution in [2.75, 3.05) is 11.5 Å². The molecule has 2 heterocycles. The van der Waals surface area contributed by atoms with Crippen molar-refractivity contribution in [1.82, 2.24) is 4.98 Å². The van der Waals surface area contributed by atoms with E-state index in [2.05, 4.69) is 22.6 Å². The number of thiazole rings is 1. The lowest BCUT2D eigenvalue weighted by atomic mass is 9.95. The first kappa shape index (κ1) is 24.5.